The maximum Gasteiger partial charge on any atom is 0.229 e. The van der Waals surface area contributed by atoms with Crippen molar-refractivity contribution < 1.29 is 4.52 Å². The second-order valence-corrected chi connectivity index (χ2v) is 6.74. The summed E-state index contributed by atoms with van der Waals surface area (Å²) in [5, 5.41) is 4.22. The summed E-state index contributed by atoms with van der Waals surface area (Å²) in [7, 11) is 0. The van der Waals surface area contributed by atoms with Gasteiger partial charge in [0.2, 0.25) is 5.89 Å². The van der Waals surface area contributed by atoms with E-state index in [4.69, 9.17) is 4.52 Å². The molecule has 0 N–H and O–H groups in total. The molecule has 0 spiro atoms. The van der Waals surface area contributed by atoms with Crippen LogP contribution < -0.4 is 0 Å². The summed E-state index contributed by atoms with van der Waals surface area (Å²) < 4.78 is 5.38. The topological polar surface area (TPSA) is 45.4 Å². The molecule has 0 bridgehead atoms. The van der Waals surface area contributed by atoms with Gasteiger partial charge in [-0.05, 0) is 45.3 Å². The molecule has 5 heteroatoms. The first-order chi connectivity index (χ1) is 10.2. The summed E-state index contributed by atoms with van der Waals surface area (Å²) in [4.78, 5) is 9.75. The number of likely N-dealkylation sites (tertiary alicyclic amines) is 2. The van der Waals surface area contributed by atoms with Gasteiger partial charge in [0.15, 0.2) is 5.82 Å². The summed E-state index contributed by atoms with van der Waals surface area (Å²) >= 11 is 0. The molecule has 2 saturated heterocycles. The lowest BCUT2D eigenvalue weighted by atomic mass is 10.1. The predicted octanol–water partition coefficient (Wildman–Crippen LogP) is 2.82. The predicted molar refractivity (Wildman–Crippen MR) is 82.2 cm³/mol. The van der Waals surface area contributed by atoms with Crippen LogP contribution in [-0.4, -0.2) is 52.7 Å². The highest BCUT2D eigenvalue weighted by molar-refractivity contribution is 5.00. The molecule has 0 amide bonds. The van der Waals surface area contributed by atoms with Crippen LogP contribution in [0.25, 0.3) is 0 Å². The van der Waals surface area contributed by atoms with Gasteiger partial charge in [-0.2, -0.15) is 4.98 Å². The molecule has 2 aliphatic rings. The van der Waals surface area contributed by atoms with E-state index in [1.54, 1.807) is 0 Å². The fourth-order valence-corrected chi connectivity index (χ4v) is 3.46. The number of rotatable bonds is 5. The first-order valence-electron chi connectivity index (χ1n) is 8.54. The zero-order valence-corrected chi connectivity index (χ0v) is 13.4. The summed E-state index contributed by atoms with van der Waals surface area (Å²) in [6.45, 7) is 10.2. The van der Waals surface area contributed by atoms with Crippen LogP contribution in [0.2, 0.25) is 0 Å². The molecule has 0 radical (unpaired) electrons. The van der Waals surface area contributed by atoms with Gasteiger partial charge in [-0.25, -0.2) is 0 Å². The van der Waals surface area contributed by atoms with Crippen LogP contribution in [-0.2, 0) is 0 Å². The SMILES string of the molecule is CC(C)c1nc(C2CCCN2CCN2CCCCC2)no1. The van der Waals surface area contributed by atoms with Crippen LogP contribution in [0.3, 0.4) is 0 Å². The molecule has 3 rings (SSSR count). The van der Waals surface area contributed by atoms with Gasteiger partial charge in [0.25, 0.3) is 0 Å². The maximum absolute atomic E-state index is 5.38. The van der Waals surface area contributed by atoms with Crippen LogP contribution in [0.1, 0.15) is 69.6 Å². The van der Waals surface area contributed by atoms with Gasteiger partial charge >= 0.3 is 0 Å². The van der Waals surface area contributed by atoms with Crippen molar-refractivity contribution in [2.45, 2.75) is 57.9 Å². The van der Waals surface area contributed by atoms with Crippen molar-refractivity contribution >= 4 is 0 Å². The molecular weight excluding hydrogens is 264 g/mol. The minimum absolute atomic E-state index is 0.314. The third-order valence-corrected chi connectivity index (χ3v) is 4.77. The number of hydrogen-bond donors (Lipinski definition) is 0. The van der Waals surface area contributed by atoms with Crippen molar-refractivity contribution in [1.29, 1.82) is 0 Å². The molecule has 0 aromatic carbocycles. The zero-order valence-electron chi connectivity index (χ0n) is 13.4. The molecule has 1 aromatic heterocycles. The van der Waals surface area contributed by atoms with E-state index in [0.29, 0.717) is 12.0 Å². The minimum atomic E-state index is 0.314. The van der Waals surface area contributed by atoms with E-state index < -0.39 is 0 Å². The first kappa shape index (κ1) is 15.0. The second-order valence-electron chi connectivity index (χ2n) is 6.74. The summed E-state index contributed by atoms with van der Waals surface area (Å²) in [6, 6.07) is 0.367. The third-order valence-electron chi connectivity index (χ3n) is 4.77. The first-order valence-corrected chi connectivity index (χ1v) is 8.54. The van der Waals surface area contributed by atoms with Gasteiger partial charge in [-0.1, -0.05) is 25.4 Å². The van der Waals surface area contributed by atoms with Crippen molar-refractivity contribution in [2.24, 2.45) is 0 Å². The van der Waals surface area contributed by atoms with E-state index in [2.05, 4.69) is 33.8 Å². The molecule has 0 saturated carbocycles. The standard InChI is InChI=1S/C16H28N4O/c1-13(2)16-17-15(18-21-16)14-7-6-10-20(14)12-11-19-8-4-3-5-9-19/h13-14H,3-12H2,1-2H3. The molecule has 2 aliphatic heterocycles. The smallest absolute Gasteiger partial charge is 0.229 e. The average Bonchev–Trinajstić information content (AvgIpc) is 3.15. The van der Waals surface area contributed by atoms with E-state index in [1.807, 2.05) is 0 Å². The lowest BCUT2D eigenvalue weighted by Gasteiger charge is -2.30. The molecule has 1 atom stereocenters. The average molecular weight is 292 g/mol. The van der Waals surface area contributed by atoms with Crippen LogP contribution in [0.5, 0.6) is 0 Å². The Labute approximate surface area is 127 Å². The Kier molecular flexibility index (Phi) is 4.91. The van der Waals surface area contributed by atoms with Gasteiger partial charge in [-0.3, -0.25) is 4.90 Å². The Morgan fingerprint density at radius 1 is 1.10 bits per heavy atom. The van der Waals surface area contributed by atoms with Gasteiger partial charge in [-0.15, -0.1) is 0 Å². The van der Waals surface area contributed by atoms with Crippen molar-refractivity contribution in [2.75, 3.05) is 32.7 Å². The van der Waals surface area contributed by atoms with E-state index in [-0.39, 0.29) is 0 Å². The molecule has 1 aromatic rings. The highest BCUT2D eigenvalue weighted by Crippen LogP contribution is 2.30. The molecule has 118 valence electrons. The van der Waals surface area contributed by atoms with Gasteiger partial charge in [0.1, 0.15) is 0 Å². The Morgan fingerprint density at radius 2 is 1.90 bits per heavy atom. The third kappa shape index (κ3) is 3.64. The summed E-state index contributed by atoms with van der Waals surface area (Å²) in [5.41, 5.74) is 0. The van der Waals surface area contributed by atoms with Gasteiger partial charge in [0.05, 0.1) is 6.04 Å². The van der Waals surface area contributed by atoms with Crippen LogP contribution in [0.15, 0.2) is 4.52 Å². The monoisotopic (exact) mass is 292 g/mol. The Bertz CT molecular complexity index is 439. The van der Waals surface area contributed by atoms with Crippen molar-refractivity contribution in [1.82, 2.24) is 19.9 Å². The van der Waals surface area contributed by atoms with Crippen molar-refractivity contribution in [3.05, 3.63) is 11.7 Å². The second kappa shape index (κ2) is 6.88. The highest BCUT2D eigenvalue weighted by Gasteiger charge is 2.30. The molecule has 3 heterocycles. The lowest BCUT2D eigenvalue weighted by Crippen LogP contribution is -2.37. The quantitative estimate of drug-likeness (QED) is 0.835. The molecule has 0 aliphatic carbocycles. The van der Waals surface area contributed by atoms with E-state index >= 15 is 0 Å². The molecule has 1 unspecified atom stereocenters. The molecule has 21 heavy (non-hydrogen) atoms. The molecule has 5 nitrogen and oxygen atoms in total. The molecule has 2 fully saturated rings. The maximum atomic E-state index is 5.38. The summed E-state index contributed by atoms with van der Waals surface area (Å²) in [5.74, 6) is 1.98. The lowest BCUT2D eigenvalue weighted by molar-refractivity contribution is 0.170. The normalized spacial score (nSPS) is 25.0. The van der Waals surface area contributed by atoms with E-state index in [9.17, 15) is 0 Å². The fraction of sp³-hybridized carbons (Fsp3) is 0.875. The Morgan fingerprint density at radius 3 is 2.62 bits per heavy atom. The summed E-state index contributed by atoms with van der Waals surface area (Å²) in [6.07, 6.45) is 6.55. The number of hydrogen-bond acceptors (Lipinski definition) is 5. The largest absolute Gasteiger partial charge is 0.339 e. The molecular formula is C16H28N4O. The van der Waals surface area contributed by atoms with E-state index in [0.717, 1.165) is 24.7 Å². The van der Waals surface area contributed by atoms with Crippen molar-refractivity contribution in [3.8, 4) is 0 Å². The zero-order chi connectivity index (χ0) is 14.7. The Balaban J connectivity index is 1.56. The highest BCUT2D eigenvalue weighted by atomic mass is 16.5. The number of piperidine rings is 1. The van der Waals surface area contributed by atoms with Gasteiger partial charge in [0, 0.05) is 19.0 Å². The number of aromatic nitrogens is 2. The van der Waals surface area contributed by atoms with Crippen LogP contribution >= 0.6 is 0 Å². The van der Waals surface area contributed by atoms with Crippen LogP contribution in [0.4, 0.5) is 0 Å². The fourth-order valence-electron chi connectivity index (χ4n) is 3.46. The van der Waals surface area contributed by atoms with Crippen LogP contribution in [0, 0.1) is 0 Å². The Hall–Kier alpha value is -0.940. The number of nitrogens with zero attached hydrogens (tertiary/aromatic N) is 4. The minimum Gasteiger partial charge on any atom is -0.339 e. The van der Waals surface area contributed by atoms with Crippen molar-refractivity contribution in [3.63, 3.8) is 0 Å². The van der Waals surface area contributed by atoms with Gasteiger partial charge < -0.3 is 9.42 Å². The van der Waals surface area contributed by atoms with E-state index in [1.165, 1.54) is 51.9 Å².